The first-order chi connectivity index (χ1) is 12.0. The number of rotatable bonds is 2. The van der Waals surface area contributed by atoms with Gasteiger partial charge >= 0.3 is 0 Å². The quantitative estimate of drug-likeness (QED) is 0.779. The fourth-order valence-electron chi connectivity index (χ4n) is 2.98. The van der Waals surface area contributed by atoms with Crippen LogP contribution >= 0.6 is 0 Å². The third-order valence-corrected chi connectivity index (χ3v) is 4.36. The van der Waals surface area contributed by atoms with E-state index in [2.05, 4.69) is 20.4 Å². The minimum absolute atomic E-state index is 0.0150. The van der Waals surface area contributed by atoms with Gasteiger partial charge in [-0.3, -0.25) is 9.48 Å². The molecule has 126 valence electrons. The lowest BCUT2D eigenvalue weighted by Crippen LogP contribution is -2.40. The van der Waals surface area contributed by atoms with Gasteiger partial charge in [-0.2, -0.15) is 5.10 Å². The van der Waals surface area contributed by atoms with E-state index in [-0.39, 0.29) is 12.1 Å². The molecule has 1 unspecified atom stereocenters. The van der Waals surface area contributed by atoms with Crippen LogP contribution in [-0.2, 0) is 7.05 Å². The van der Waals surface area contributed by atoms with Crippen molar-refractivity contribution in [3.05, 3.63) is 59.7 Å². The highest BCUT2D eigenvalue weighted by Crippen LogP contribution is 2.32. The molecule has 3 aromatic rings. The number of nitrogens with one attached hydrogen (secondary N) is 1. The average molecular weight is 334 g/mol. The second-order valence-corrected chi connectivity index (χ2v) is 6.25. The molecular formula is C18H18N6O. The number of fused-ring (bicyclic) bond motifs is 1. The van der Waals surface area contributed by atoms with Crippen molar-refractivity contribution in [1.82, 2.24) is 24.6 Å². The molecule has 0 aliphatic carbocycles. The Bertz CT molecular complexity index is 946. The highest BCUT2D eigenvalue weighted by atomic mass is 16.2. The summed E-state index contributed by atoms with van der Waals surface area (Å²) in [5.74, 6) is 0.594. The molecule has 25 heavy (non-hydrogen) atoms. The van der Waals surface area contributed by atoms with Crippen molar-refractivity contribution in [2.24, 2.45) is 7.05 Å². The number of hydrogen-bond acceptors (Lipinski definition) is 5. The Kier molecular flexibility index (Phi) is 3.49. The number of aryl methyl sites for hydroxylation is 2. The Hall–Kier alpha value is -3.22. The Morgan fingerprint density at radius 2 is 1.88 bits per heavy atom. The van der Waals surface area contributed by atoms with Crippen LogP contribution in [-0.4, -0.2) is 37.6 Å². The number of carbonyl (C=O) groups excluding carboxylic acids is 1. The predicted octanol–water partition coefficient (Wildman–Crippen LogP) is 2.38. The number of amides is 1. The molecule has 0 radical (unpaired) electrons. The summed E-state index contributed by atoms with van der Waals surface area (Å²) in [5.41, 5.74) is 4.26. The van der Waals surface area contributed by atoms with Gasteiger partial charge in [0.05, 0.1) is 17.3 Å². The van der Waals surface area contributed by atoms with Crippen molar-refractivity contribution < 1.29 is 4.79 Å². The number of hydrogen-bond donors (Lipinski definition) is 1. The van der Waals surface area contributed by atoms with E-state index in [4.69, 9.17) is 0 Å². The van der Waals surface area contributed by atoms with E-state index in [1.165, 1.54) is 0 Å². The first-order valence-corrected chi connectivity index (χ1v) is 7.98. The second-order valence-electron chi connectivity index (χ2n) is 6.25. The van der Waals surface area contributed by atoms with Gasteiger partial charge in [-0.1, -0.05) is 11.6 Å². The molecule has 1 aromatic carbocycles. The lowest BCUT2D eigenvalue weighted by atomic mass is 10.0. The summed E-state index contributed by atoms with van der Waals surface area (Å²) in [6, 6.07) is 5.83. The van der Waals surface area contributed by atoms with Crippen LogP contribution in [0.15, 0.2) is 43.0 Å². The maximum absolute atomic E-state index is 12.7. The fourth-order valence-corrected chi connectivity index (χ4v) is 2.98. The third-order valence-electron chi connectivity index (χ3n) is 4.36. The molecule has 1 amide bonds. The van der Waals surface area contributed by atoms with Crippen molar-refractivity contribution in [2.45, 2.75) is 13.1 Å². The topological polar surface area (TPSA) is 75.9 Å². The second kappa shape index (κ2) is 5.70. The van der Waals surface area contributed by atoms with Gasteiger partial charge in [-0.25, -0.2) is 9.97 Å². The van der Waals surface area contributed by atoms with Crippen molar-refractivity contribution in [2.75, 3.05) is 12.4 Å². The largest absolute Gasteiger partial charge is 0.361 e. The van der Waals surface area contributed by atoms with Gasteiger partial charge in [-0.15, -0.1) is 0 Å². The number of benzene rings is 1. The molecule has 0 saturated heterocycles. The number of nitrogens with zero attached hydrogens (tertiary/aromatic N) is 5. The summed E-state index contributed by atoms with van der Waals surface area (Å²) >= 11 is 0. The van der Waals surface area contributed by atoms with Crippen LogP contribution in [0.1, 0.15) is 27.7 Å². The van der Waals surface area contributed by atoms with Gasteiger partial charge in [0.25, 0.3) is 5.91 Å². The normalized spacial score (nSPS) is 16.5. The summed E-state index contributed by atoms with van der Waals surface area (Å²) in [4.78, 5) is 23.2. The minimum atomic E-state index is -0.300. The van der Waals surface area contributed by atoms with Crippen LogP contribution < -0.4 is 5.32 Å². The molecule has 2 aromatic heterocycles. The lowest BCUT2D eigenvalue weighted by Gasteiger charge is -2.35. The first-order valence-electron chi connectivity index (χ1n) is 7.98. The lowest BCUT2D eigenvalue weighted by molar-refractivity contribution is 0.0735. The molecule has 0 spiro atoms. The number of aromatic nitrogens is 4. The standard InChI is InChI=1S/C18H18N6O/c1-11-4-5-15-14(6-11)18(25)24(3)17(22-15)12-7-19-16(20-8-12)13-9-21-23(2)10-13/h4-10,17,22H,1-3H3. The van der Waals surface area contributed by atoms with Gasteiger partial charge in [0.2, 0.25) is 0 Å². The van der Waals surface area contributed by atoms with Crippen LogP contribution in [0.2, 0.25) is 0 Å². The number of anilines is 1. The minimum Gasteiger partial charge on any atom is -0.361 e. The SMILES string of the molecule is Cc1ccc2c(c1)C(=O)N(C)C(c1cnc(-c3cnn(C)c3)nc1)N2. The molecule has 1 atom stereocenters. The zero-order valence-corrected chi connectivity index (χ0v) is 14.3. The van der Waals surface area contributed by atoms with E-state index < -0.39 is 0 Å². The molecule has 0 bridgehead atoms. The predicted molar refractivity (Wildman–Crippen MR) is 93.9 cm³/mol. The van der Waals surface area contributed by atoms with Crippen LogP contribution in [0.25, 0.3) is 11.4 Å². The fraction of sp³-hybridized carbons (Fsp3) is 0.222. The highest BCUT2D eigenvalue weighted by Gasteiger charge is 2.30. The zero-order chi connectivity index (χ0) is 17.6. The molecule has 4 rings (SSSR count). The van der Waals surface area contributed by atoms with Crippen LogP contribution in [0, 0.1) is 6.92 Å². The van der Waals surface area contributed by atoms with Crippen LogP contribution in [0.4, 0.5) is 5.69 Å². The molecule has 0 fully saturated rings. The monoisotopic (exact) mass is 334 g/mol. The molecular weight excluding hydrogens is 316 g/mol. The molecule has 7 heteroatoms. The average Bonchev–Trinajstić information content (AvgIpc) is 3.05. The Morgan fingerprint density at radius 3 is 2.56 bits per heavy atom. The van der Waals surface area contributed by atoms with Gasteiger partial charge in [0, 0.05) is 43.9 Å². The van der Waals surface area contributed by atoms with Crippen molar-refractivity contribution in [3.8, 4) is 11.4 Å². The van der Waals surface area contributed by atoms with E-state index in [0.717, 1.165) is 22.4 Å². The summed E-state index contributed by atoms with van der Waals surface area (Å²) in [6.07, 6.45) is 6.78. The Labute approximate surface area is 145 Å². The van der Waals surface area contributed by atoms with Crippen molar-refractivity contribution in [3.63, 3.8) is 0 Å². The molecule has 1 N–H and O–H groups in total. The summed E-state index contributed by atoms with van der Waals surface area (Å²) in [6.45, 7) is 1.98. The summed E-state index contributed by atoms with van der Waals surface area (Å²) < 4.78 is 1.71. The smallest absolute Gasteiger partial charge is 0.257 e. The van der Waals surface area contributed by atoms with Gasteiger partial charge in [0.1, 0.15) is 6.17 Å². The van der Waals surface area contributed by atoms with Gasteiger partial charge < -0.3 is 10.2 Å². The van der Waals surface area contributed by atoms with Gasteiger partial charge in [-0.05, 0) is 19.1 Å². The van der Waals surface area contributed by atoms with Crippen LogP contribution in [0.3, 0.4) is 0 Å². The maximum Gasteiger partial charge on any atom is 0.257 e. The van der Waals surface area contributed by atoms with E-state index in [1.807, 2.05) is 38.4 Å². The number of carbonyl (C=O) groups is 1. The molecule has 3 heterocycles. The third kappa shape index (κ3) is 2.63. The van der Waals surface area contributed by atoms with E-state index >= 15 is 0 Å². The first kappa shape index (κ1) is 15.3. The zero-order valence-electron chi connectivity index (χ0n) is 14.3. The molecule has 1 aliphatic heterocycles. The Morgan fingerprint density at radius 1 is 1.12 bits per heavy atom. The maximum atomic E-state index is 12.7. The molecule has 0 saturated carbocycles. The Balaban J connectivity index is 1.65. The van der Waals surface area contributed by atoms with Crippen LogP contribution in [0.5, 0.6) is 0 Å². The molecule has 7 nitrogen and oxygen atoms in total. The van der Waals surface area contributed by atoms with Crippen molar-refractivity contribution >= 4 is 11.6 Å². The summed E-state index contributed by atoms with van der Waals surface area (Å²) in [5, 5.41) is 7.52. The highest BCUT2D eigenvalue weighted by molar-refractivity contribution is 6.01. The van der Waals surface area contributed by atoms with Gasteiger partial charge in [0.15, 0.2) is 5.82 Å². The van der Waals surface area contributed by atoms with Crippen molar-refractivity contribution in [1.29, 1.82) is 0 Å². The van der Waals surface area contributed by atoms with E-state index in [9.17, 15) is 4.79 Å². The summed E-state index contributed by atoms with van der Waals surface area (Å²) in [7, 11) is 3.63. The van der Waals surface area contributed by atoms with E-state index in [0.29, 0.717) is 11.4 Å². The molecule has 1 aliphatic rings. The van der Waals surface area contributed by atoms with E-state index in [1.54, 1.807) is 35.2 Å².